The Kier molecular flexibility index (Phi) is 2.98. The monoisotopic (exact) mass is 261 g/mol. The summed E-state index contributed by atoms with van der Waals surface area (Å²) >= 11 is 5.44. The van der Waals surface area contributed by atoms with Gasteiger partial charge in [-0.1, -0.05) is 26.2 Å². The van der Waals surface area contributed by atoms with Gasteiger partial charge in [0.15, 0.2) is 10.4 Å². The van der Waals surface area contributed by atoms with E-state index in [1.54, 1.807) is 0 Å². The maximum absolute atomic E-state index is 5.44. The van der Waals surface area contributed by atoms with Crippen molar-refractivity contribution in [1.29, 1.82) is 0 Å². The minimum atomic E-state index is 0.378. The molecule has 4 heteroatoms. The number of hydrogen-bond acceptors (Lipinski definition) is 2. The molecule has 0 atom stereocenters. The van der Waals surface area contributed by atoms with Gasteiger partial charge in [-0.25, -0.2) is 4.98 Å². The lowest BCUT2D eigenvalue weighted by molar-refractivity contribution is 0.184. The molecule has 2 heterocycles. The molecule has 0 radical (unpaired) electrons. The fourth-order valence-corrected chi connectivity index (χ4v) is 3.34. The van der Waals surface area contributed by atoms with Crippen LogP contribution in [-0.4, -0.2) is 14.5 Å². The highest BCUT2D eigenvalue weighted by atomic mass is 32.1. The summed E-state index contributed by atoms with van der Waals surface area (Å²) in [4.78, 5) is 7.71. The smallest absolute Gasteiger partial charge is 0.179 e. The van der Waals surface area contributed by atoms with Crippen LogP contribution in [0.3, 0.4) is 0 Å². The number of pyridine rings is 1. The summed E-state index contributed by atoms with van der Waals surface area (Å²) in [6.45, 7) is 3.37. The molecule has 3 rings (SSSR count). The van der Waals surface area contributed by atoms with Crippen LogP contribution >= 0.6 is 12.2 Å². The van der Waals surface area contributed by atoms with Crippen LogP contribution in [0.1, 0.15) is 39.0 Å². The van der Waals surface area contributed by atoms with E-state index in [-0.39, 0.29) is 0 Å². The molecule has 0 unspecified atom stereocenters. The van der Waals surface area contributed by atoms with Crippen LogP contribution < -0.4 is 0 Å². The van der Waals surface area contributed by atoms with E-state index in [4.69, 9.17) is 12.2 Å². The molecule has 1 saturated carbocycles. The van der Waals surface area contributed by atoms with Gasteiger partial charge < -0.3 is 9.55 Å². The molecule has 0 bridgehead atoms. The average Bonchev–Trinajstić information content (AvgIpc) is 2.67. The first-order valence-electron chi connectivity index (χ1n) is 6.72. The van der Waals surface area contributed by atoms with Crippen molar-refractivity contribution < 1.29 is 0 Å². The van der Waals surface area contributed by atoms with Crippen LogP contribution in [0.15, 0.2) is 18.3 Å². The predicted molar refractivity (Wildman–Crippen MR) is 76.1 cm³/mol. The first-order valence-corrected chi connectivity index (χ1v) is 7.12. The topological polar surface area (TPSA) is 33.6 Å². The van der Waals surface area contributed by atoms with Gasteiger partial charge >= 0.3 is 0 Å². The molecule has 2 aromatic heterocycles. The highest BCUT2D eigenvalue weighted by Gasteiger charge is 2.28. The molecule has 1 fully saturated rings. The van der Waals surface area contributed by atoms with Crippen LogP contribution in [0.4, 0.5) is 0 Å². The molecule has 0 aliphatic heterocycles. The SMILES string of the molecule is CC1(Cn2c(=S)[nH]c3cccnc32)CCCCC1. The largest absolute Gasteiger partial charge is 0.329 e. The van der Waals surface area contributed by atoms with Gasteiger partial charge in [-0.3, -0.25) is 0 Å². The molecule has 96 valence electrons. The molecular formula is C14H19N3S. The fourth-order valence-electron chi connectivity index (χ4n) is 3.08. The Balaban J connectivity index is 1.99. The molecule has 3 nitrogen and oxygen atoms in total. The number of aromatic nitrogens is 3. The van der Waals surface area contributed by atoms with E-state index in [0.717, 1.165) is 22.5 Å². The molecule has 1 N–H and O–H groups in total. The number of hydrogen-bond donors (Lipinski definition) is 1. The minimum Gasteiger partial charge on any atom is -0.329 e. The van der Waals surface area contributed by atoms with Crippen molar-refractivity contribution in [2.24, 2.45) is 5.41 Å². The number of H-pyrrole nitrogens is 1. The van der Waals surface area contributed by atoms with Gasteiger partial charge in [-0.15, -0.1) is 0 Å². The second kappa shape index (κ2) is 4.50. The van der Waals surface area contributed by atoms with Crippen molar-refractivity contribution >= 4 is 23.4 Å². The van der Waals surface area contributed by atoms with Crippen LogP contribution in [0.25, 0.3) is 11.2 Å². The highest BCUT2D eigenvalue weighted by Crippen LogP contribution is 2.37. The summed E-state index contributed by atoms with van der Waals surface area (Å²) in [6, 6.07) is 3.98. The molecule has 1 aliphatic rings. The molecular weight excluding hydrogens is 242 g/mol. The van der Waals surface area contributed by atoms with E-state index >= 15 is 0 Å². The van der Waals surface area contributed by atoms with Gasteiger partial charge in [0, 0.05) is 12.7 Å². The van der Waals surface area contributed by atoms with E-state index in [9.17, 15) is 0 Å². The Hall–Kier alpha value is -1.16. The van der Waals surface area contributed by atoms with Gasteiger partial charge in [0.25, 0.3) is 0 Å². The number of aromatic amines is 1. The zero-order valence-corrected chi connectivity index (χ0v) is 11.6. The lowest BCUT2D eigenvalue weighted by Gasteiger charge is -2.33. The highest BCUT2D eigenvalue weighted by molar-refractivity contribution is 7.71. The van der Waals surface area contributed by atoms with Crippen molar-refractivity contribution in [1.82, 2.24) is 14.5 Å². The number of imidazole rings is 1. The lowest BCUT2D eigenvalue weighted by atomic mass is 9.75. The molecule has 1 aliphatic carbocycles. The first-order chi connectivity index (χ1) is 8.68. The van der Waals surface area contributed by atoms with Crippen molar-refractivity contribution in [3.63, 3.8) is 0 Å². The second-order valence-corrected chi connectivity index (χ2v) is 6.15. The molecule has 2 aromatic rings. The third-order valence-electron chi connectivity index (χ3n) is 4.13. The third kappa shape index (κ3) is 2.09. The van der Waals surface area contributed by atoms with Crippen molar-refractivity contribution in [2.45, 2.75) is 45.6 Å². The summed E-state index contributed by atoms with van der Waals surface area (Å²) in [6.07, 6.45) is 8.51. The fraction of sp³-hybridized carbons (Fsp3) is 0.571. The lowest BCUT2D eigenvalue weighted by Crippen LogP contribution is -2.26. The predicted octanol–water partition coefficient (Wildman–Crippen LogP) is 4.06. The summed E-state index contributed by atoms with van der Waals surface area (Å²) in [5, 5.41) is 0. The van der Waals surface area contributed by atoms with Gasteiger partial charge in [-0.05, 0) is 42.6 Å². The van der Waals surface area contributed by atoms with E-state index in [1.165, 1.54) is 32.1 Å². The summed E-state index contributed by atoms with van der Waals surface area (Å²) in [5.41, 5.74) is 2.42. The minimum absolute atomic E-state index is 0.378. The number of rotatable bonds is 2. The van der Waals surface area contributed by atoms with Crippen molar-refractivity contribution in [2.75, 3.05) is 0 Å². The second-order valence-electron chi connectivity index (χ2n) is 5.76. The van der Waals surface area contributed by atoms with Crippen LogP contribution in [-0.2, 0) is 6.54 Å². The number of nitrogens with zero attached hydrogens (tertiary/aromatic N) is 2. The van der Waals surface area contributed by atoms with Crippen LogP contribution in [0.2, 0.25) is 0 Å². The van der Waals surface area contributed by atoms with E-state index in [1.807, 2.05) is 18.3 Å². The molecule has 0 amide bonds. The van der Waals surface area contributed by atoms with Crippen molar-refractivity contribution in [3.8, 4) is 0 Å². The Bertz CT molecular complexity index is 605. The summed E-state index contributed by atoms with van der Waals surface area (Å²) < 4.78 is 2.98. The molecule has 0 spiro atoms. The van der Waals surface area contributed by atoms with E-state index in [0.29, 0.717) is 5.41 Å². The molecule has 0 aromatic carbocycles. The summed E-state index contributed by atoms with van der Waals surface area (Å²) in [5.74, 6) is 0. The van der Waals surface area contributed by atoms with Crippen molar-refractivity contribution in [3.05, 3.63) is 23.1 Å². The average molecular weight is 261 g/mol. The standard InChI is InChI=1S/C14H19N3S/c1-14(7-3-2-4-8-14)10-17-12-11(16-13(17)18)6-5-9-15-12/h5-6,9H,2-4,7-8,10H2,1H3,(H,16,18). The van der Waals surface area contributed by atoms with Gasteiger partial charge in [0.05, 0.1) is 5.52 Å². The number of nitrogens with one attached hydrogen (secondary N) is 1. The summed E-state index contributed by atoms with van der Waals surface area (Å²) in [7, 11) is 0. The van der Waals surface area contributed by atoms with Gasteiger partial charge in [0.2, 0.25) is 0 Å². The van der Waals surface area contributed by atoms with E-state index < -0.39 is 0 Å². The Labute approximate surface area is 112 Å². The quantitative estimate of drug-likeness (QED) is 0.827. The van der Waals surface area contributed by atoms with Crippen LogP contribution in [0, 0.1) is 10.2 Å². The Morgan fingerprint density at radius 1 is 1.39 bits per heavy atom. The van der Waals surface area contributed by atoms with Gasteiger partial charge in [0.1, 0.15) is 0 Å². The zero-order valence-electron chi connectivity index (χ0n) is 10.8. The molecule has 0 saturated heterocycles. The van der Waals surface area contributed by atoms with E-state index in [2.05, 4.69) is 21.5 Å². The Morgan fingerprint density at radius 3 is 2.94 bits per heavy atom. The normalized spacial score (nSPS) is 19.2. The third-order valence-corrected chi connectivity index (χ3v) is 4.45. The maximum atomic E-state index is 5.44. The Morgan fingerprint density at radius 2 is 2.17 bits per heavy atom. The first kappa shape index (κ1) is 11.9. The zero-order chi connectivity index (χ0) is 12.6. The maximum Gasteiger partial charge on any atom is 0.179 e. The van der Waals surface area contributed by atoms with Crippen LogP contribution in [0.5, 0.6) is 0 Å². The molecule has 18 heavy (non-hydrogen) atoms. The van der Waals surface area contributed by atoms with Gasteiger partial charge in [-0.2, -0.15) is 0 Å². The number of fused-ring (bicyclic) bond motifs is 1.